The molecule has 2 aliphatic carbocycles. The van der Waals surface area contributed by atoms with Crippen LogP contribution in [0.5, 0.6) is 5.75 Å². The van der Waals surface area contributed by atoms with E-state index in [0.29, 0.717) is 45.0 Å². The first-order valence-electron chi connectivity index (χ1n) is 20.0. The number of sulfonamides is 1. The van der Waals surface area contributed by atoms with Crippen molar-refractivity contribution in [2.75, 3.05) is 77.6 Å². The molecule has 0 unspecified atom stereocenters. The Labute approximate surface area is 331 Å². The van der Waals surface area contributed by atoms with Crippen molar-refractivity contribution in [3.8, 4) is 5.75 Å². The Kier molecular flexibility index (Phi) is 11.9. The van der Waals surface area contributed by atoms with Crippen LogP contribution >= 0.6 is 11.6 Å². The number of carbonyl (C=O) groups is 2. The van der Waals surface area contributed by atoms with E-state index >= 15 is 0 Å². The van der Waals surface area contributed by atoms with Crippen molar-refractivity contribution in [2.45, 2.75) is 75.6 Å². The minimum absolute atomic E-state index is 0.193. The highest BCUT2D eigenvalue weighted by Crippen LogP contribution is 2.49. The number of benzene rings is 2. The molecule has 1 N–H and O–H groups in total. The molecule has 3 aliphatic heterocycles. The van der Waals surface area contributed by atoms with Gasteiger partial charge in [-0.3, -0.25) is 19.4 Å². The zero-order valence-corrected chi connectivity index (χ0v) is 34.3. The maximum atomic E-state index is 13.7. The summed E-state index contributed by atoms with van der Waals surface area (Å²) < 4.78 is 48.2. The Hall–Kier alpha value is -3.16. The third kappa shape index (κ3) is 8.30. The number of nitrogens with zero attached hydrogens (tertiary/aromatic N) is 3. The van der Waals surface area contributed by atoms with Gasteiger partial charge in [-0.2, -0.15) is 0 Å². The average Bonchev–Trinajstić information content (AvgIpc) is 3.29. The highest BCUT2D eigenvalue weighted by atomic mass is 35.5. The predicted molar refractivity (Wildman–Crippen MR) is 214 cm³/mol. The van der Waals surface area contributed by atoms with E-state index in [2.05, 4.69) is 43.7 Å². The molecule has 1 saturated carbocycles. The van der Waals surface area contributed by atoms with Gasteiger partial charge in [0.2, 0.25) is 10.0 Å². The molecular weight excluding hydrogens is 740 g/mol. The Morgan fingerprint density at radius 1 is 1.07 bits per heavy atom. The molecule has 7 rings (SSSR count). The molecule has 2 fully saturated rings. The fourth-order valence-electron chi connectivity index (χ4n) is 9.65. The Bertz CT molecular complexity index is 1880. The number of ether oxygens (including phenoxy) is 3. The smallest absolute Gasteiger partial charge is 0.320 e. The Balaban J connectivity index is 1.25. The topological polar surface area (TPSA) is 118 Å². The largest absolute Gasteiger partial charge is 0.490 e. The van der Waals surface area contributed by atoms with E-state index in [0.717, 1.165) is 75.5 Å². The monoisotopic (exact) mass is 796 g/mol. The van der Waals surface area contributed by atoms with E-state index in [9.17, 15) is 18.0 Å². The van der Waals surface area contributed by atoms with E-state index < -0.39 is 26.8 Å². The number of carbonyl (C=O) groups excluding carboxylic acids is 2. The van der Waals surface area contributed by atoms with Gasteiger partial charge >= 0.3 is 5.97 Å². The number of nitrogens with one attached hydrogen (secondary N) is 1. The summed E-state index contributed by atoms with van der Waals surface area (Å²) in [5.41, 5.74) is 2.70. The lowest BCUT2D eigenvalue weighted by atomic mass is 9.63. The van der Waals surface area contributed by atoms with E-state index in [1.807, 2.05) is 39.2 Å². The fourth-order valence-corrected chi connectivity index (χ4v) is 11.1. The molecule has 11 nitrogen and oxygen atoms in total. The summed E-state index contributed by atoms with van der Waals surface area (Å²) in [6, 6.07) is 11.5. The molecule has 1 spiro atoms. The van der Waals surface area contributed by atoms with Gasteiger partial charge in [-0.05, 0) is 112 Å². The minimum atomic E-state index is -3.99. The lowest BCUT2D eigenvalue weighted by Gasteiger charge is -2.52. The molecule has 5 aliphatic rings. The van der Waals surface area contributed by atoms with Crippen LogP contribution in [-0.4, -0.2) is 114 Å². The highest BCUT2D eigenvalue weighted by Gasteiger charge is 2.50. The van der Waals surface area contributed by atoms with Crippen LogP contribution in [0.15, 0.2) is 48.6 Å². The molecule has 6 atom stereocenters. The van der Waals surface area contributed by atoms with E-state index in [1.165, 1.54) is 11.1 Å². The van der Waals surface area contributed by atoms with E-state index in [4.69, 9.17) is 25.8 Å². The van der Waals surface area contributed by atoms with Crippen LogP contribution in [0.3, 0.4) is 0 Å². The van der Waals surface area contributed by atoms with Crippen molar-refractivity contribution < 1.29 is 32.2 Å². The second kappa shape index (κ2) is 16.4. The summed E-state index contributed by atoms with van der Waals surface area (Å²) >= 11 is 6.50. The van der Waals surface area contributed by atoms with Gasteiger partial charge in [0, 0.05) is 68.9 Å². The van der Waals surface area contributed by atoms with Crippen molar-refractivity contribution in [1.29, 1.82) is 0 Å². The predicted octanol–water partition coefficient (Wildman–Crippen LogP) is 5.45. The highest BCUT2D eigenvalue weighted by molar-refractivity contribution is 7.90. The molecule has 1 amide bonds. The zero-order chi connectivity index (χ0) is 39.0. The van der Waals surface area contributed by atoms with Crippen molar-refractivity contribution in [3.63, 3.8) is 0 Å². The molecule has 2 aromatic carbocycles. The number of amides is 1. The number of hydrogen-bond acceptors (Lipinski definition) is 10. The number of anilines is 1. The summed E-state index contributed by atoms with van der Waals surface area (Å²) in [7, 11) is -2.18. The van der Waals surface area contributed by atoms with Crippen LogP contribution in [-0.2, 0) is 36.1 Å². The maximum Gasteiger partial charge on any atom is 0.320 e. The van der Waals surface area contributed by atoms with Crippen LogP contribution in [0.2, 0.25) is 5.02 Å². The molecule has 0 radical (unpaired) electrons. The summed E-state index contributed by atoms with van der Waals surface area (Å²) in [4.78, 5) is 32.9. The van der Waals surface area contributed by atoms with Crippen molar-refractivity contribution in [3.05, 3.63) is 70.3 Å². The zero-order valence-electron chi connectivity index (χ0n) is 32.7. The molecular formula is C42H57ClN4O7S. The minimum Gasteiger partial charge on any atom is -0.490 e. The molecule has 3 heterocycles. The summed E-state index contributed by atoms with van der Waals surface area (Å²) in [6.07, 6.45) is 9.78. The Morgan fingerprint density at radius 2 is 1.85 bits per heavy atom. The number of aryl methyl sites for hydroxylation is 1. The molecule has 300 valence electrons. The number of piperazine rings is 1. The third-order valence-corrected chi connectivity index (χ3v) is 15.4. The van der Waals surface area contributed by atoms with Gasteiger partial charge in [0.25, 0.3) is 5.91 Å². The summed E-state index contributed by atoms with van der Waals surface area (Å²) in [5.74, 6) is 0.0875. The standard InChI is InChI=1S/C42H57ClN4O7S/c1-5-53-39(48)25-45-18-20-46(21-19-45)27-42(52-4)17-6-8-29(2)30(3)55(50,51)44-40(49)32-11-15-38-37(23-32)47(24-33-10-13-36(33)42)26-41(28-54-38)16-7-9-31-22-34(43)12-14-35(31)41/h6,11-12,14-15,17,22-23,29-30,33,36H,5,7-10,13,16,18-21,24-28H2,1-4H3,(H,44,49)/b17-6-/t29-,30+,33-,36+,41-,42+/m0/s1. The Morgan fingerprint density at radius 3 is 2.58 bits per heavy atom. The van der Waals surface area contributed by atoms with Gasteiger partial charge in [0.05, 0.1) is 30.7 Å². The van der Waals surface area contributed by atoms with Crippen LogP contribution in [0.1, 0.15) is 74.4 Å². The molecule has 13 heteroatoms. The van der Waals surface area contributed by atoms with Crippen LogP contribution in [0.4, 0.5) is 5.69 Å². The molecule has 2 aromatic rings. The second-order valence-corrected chi connectivity index (χ2v) is 19.0. The maximum absolute atomic E-state index is 13.7. The number of esters is 1. The fraction of sp³-hybridized carbons (Fsp3) is 0.619. The number of fused-ring (bicyclic) bond motifs is 4. The quantitative estimate of drug-likeness (QED) is 0.299. The summed E-state index contributed by atoms with van der Waals surface area (Å²) in [5, 5.41) is -0.0788. The van der Waals surface area contributed by atoms with Gasteiger partial charge in [-0.25, -0.2) is 13.1 Å². The molecule has 1 saturated heterocycles. The van der Waals surface area contributed by atoms with Gasteiger partial charge in [-0.1, -0.05) is 36.7 Å². The van der Waals surface area contributed by atoms with Crippen LogP contribution in [0.25, 0.3) is 0 Å². The second-order valence-electron chi connectivity index (χ2n) is 16.5. The molecule has 0 aromatic heterocycles. The van der Waals surface area contributed by atoms with Crippen molar-refractivity contribution in [2.24, 2.45) is 17.8 Å². The van der Waals surface area contributed by atoms with Crippen LogP contribution in [0, 0.1) is 17.8 Å². The van der Waals surface area contributed by atoms with Gasteiger partial charge in [-0.15, -0.1) is 0 Å². The number of rotatable bonds is 6. The van der Waals surface area contributed by atoms with Crippen molar-refractivity contribution in [1.82, 2.24) is 14.5 Å². The lowest BCUT2D eigenvalue weighted by Crippen LogP contribution is -2.59. The molecule has 2 bridgehead atoms. The normalized spacial score (nSPS) is 31.9. The first-order chi connectivity index (χ1) is 26.3. The van der Waals surface area contributed by atoms with E-state index in [-0.39, 0.29) is 34.7 Å². The van der Waals surface area contributed by atoms with Crippen LogP contribution < -0.4 is 14.4 Å². The number of hydrogen-bond donors (Lipinski definition) is 1. The number of allylic oxidation sites excluding steroid dienone is 1. The van der Waals surface area contributed by atoms with Gasteiger partial charge in [0.15, 0.2) is 0 Å². The number of halogens is 1. The van der Waals surface area contributed by atoms with E-state index in [1.54, 1.807) is 13.0 Å². The first kappa shape index (κ1) is 40.1. The summed E-state index contributed by atoms with van der Waals surface area (Å²) in [6.45, 7) is 11.8. The van der Waals surface area contributed by atoms with Gasteiger partial charge in [0.1, 0.15) is 11.4 Å². The first-order valence-corrected chi connectivity index (χ1v) is 22.0. The SMILES string of the molecule is CCOC(=O)CN1CCN(C[C@]2(OC)/C=C\C[C@H](C)[C@@H](C)S(=O)(=O)NC(=O)c3ccc4c(c3)N(C[C@@H]3CC[C@H]32)C[C@@]2(CCCc3cc(Cl)ccc32)CO4)CC1. The average molecular weight is 797 g/mol. The number of methoxy groups -OCH3 is 1. The lowest BCUT2D eigenvalue weighted by molar-refractivity contribution is -0.145. The molecule has 55 heavy (non-hydrogen) atoms. The van der Waals surface area contributed by atoms with Gasteiger partial charge < -0.3 is 19.1 Å². The third-order valence-electron chi connectivity index (χ3n) is 13.2. The van der Waals surface area contributed by atoms with Crippen molar-refractivity contribution >= 4 is 39.2 Å².